The molecule has 2 aromatic heterocycles. The van der Waals surface area contributed by atoms with Crippen molar-refractivity contribution in [1.29, 1.82) is 0 Å². The lowest BCUT2D eigenvalue weighted by Gasteiger charge is -2.20. The Morgan fingerprint density at radius 3 is 1.51 bits per heavy atom. The third-order valence-corrected chi connectivity index (χ3v) is 9.64. The van der Waals surface area contributed by atoms with Crippen molar-refractivity contribution >= 4 is 21.8 Å². The maximum Gasteiger partial charge on any atom is 0.416 e. The second-order valence-corrected chi connectivity index (χ2v) is 14.4. The van der Waals surface area contributed by atoms with Gasteiger partial charge >= 0.3 is 12.4 Å². The number of nitrogens with zero attached hydrogens (tertiary/aromatic N) is 4. The van der Waals surface area contributed by atoms with Gasteiger partial charge in [0.15, 0.2) is 17.5 Å². The van der Waals surface area contributed by atoms with Gasteiger partial charge in [-0.05, 0) is 70.6 Å². The van der Waals surface area contributed by atoms with Crippen molar-refractivity contribution in [2.24, 2.45) is 0 Å². The van der Waals surface area contributed by atoms with Crippen molar-refractivity contribution in [3.05, 3.63) is 156 Å². The number of fused-ring (bicyclic) bond motifs is 3. The number of para-hydroxylation sites is 1. The van der Waals surface area contributed by atoms with E-state index in [-0.39, 0.29) is 28.4 Å². The number of rotatable bonds is 5. The zero-order chi connectivity index (χ0) is 38.7. The Kier molecular flexibility index (Phi) is 8.59. The number of alkyl halides is 6. The lowest BCUT2D eigenvalue weighted by molar-refractivity contribution is -0.143. The van der Waals surface area contributed by atoms with Gasteiger partial charge in [0, 0.05) is 27.5 Å². The summed E-state index contributed by atoms with van der Waals surface area (Å²) in [5, 5.41) is 1.85. The van der Waals surface area contributed by atoms with Crippen LogP contribution in [0.5, 0.6) is 0 Å². The molecule has 2 heterocycles. The molecule has 0 radical (unpaired) electrons. The monoisotopic (exact) mass is 742 g/mol. The van der Waals surface area contributed by atoms with E-state index in [1.165, 1.54) is 6.07 Å². The zero-order valence-corrected chi connectivity index (χ0v) is 29.8. The topological polar surface area (TPSA) is 43.6 Å². The molecule has 0 saturated carbocycles. The Bertz CT molecular complexity index is 2620. The molecule has 6 aromatic carbocycles. The molecule has 0 fully saturated rings. The molecule has 0 atom stereocenters. The molecule has 0 aliphatic rings. The van der Waals surface area contributed by atoms with Gasteiger partial charge in [0.25, 0.3) is 0 Å². The van der Waals surface area contributed by atoms with Crippen LogP contribution in [0.2, 0.25) is 0 Å². The quantitative estimate of drug-likeness (QED) is 0.165. The van der Waals surface area contributed by atoms with Gasteiger partial charge in [0.1, 0.15) is 0 Å². The summed E-state index contributed by atoms with van der Waals surface area (Å²) < 4.78 is 86.4. The van der Waals surface area contributed by atoms with E-state index >= 15 is 0 Å². The van der Waals surface area contributed by atoms with Crippen LogP contribution in [0.3, 0.4) is 0 Å². The van der Waals surface area contributed by atoms with Crippen LogP contribution in [0.1, 0.15) is 37.5 Å². The molecule has 0 saturated heterocycles. The van der Waals surface area contributed by atoms with Crippen molar-refractivity contribution in [3.8, 4) is 51.0 Å². The largest absolute Gasteiger partial charge is 0.416 e. The Morgan fingerprint density at radius 1 is 0.418 bits per heavy atom. The predicted octanol–water partition coefficient (Wildman–Crippen LogP) is 13.0. The molecule has 0 amide bonds. The lowest BCUT2D eigenvalue weighted by atomic mass is 9.86. The van der Waals surface area contributed by atoms with Crippen molar-refractivity contribution in [3.63, 3.8) is 0 Å². The summed E-state index contributed by atoms with van der Waals surface area (Å²) in [5.41, 5.74) is 2.02. The van der Waals surface area contributed by atoms with Crippen LogP contribution in [-0.2, 0) is 17.8 Å². The summed E-state index contributed by atoms with van der Waals surface area (Å²) in [6.07, 6.45) is -10.0. The lowest BCUT2D eigenvalue weighted by Crippen LogP contribution is -2.11. The van der Waals surface area contributed by atoms with E-state index in [0.29, 0.717) is 22.9 Å². The minimum atomic E-state index is -5.01. The Labute approximate surface area is 312 Å². The van der Waals surface area contributed by atoms with Gasteiger partial charge in [-0.2, -0.15) is 26.3 Å². The summed E-state index contributed by atoms with van der Waals surface area (Å²) in [6, 6.07) is 39.1. The highest BCUT2D eigenvalue weighted by Crippen LogP contribution is 2.42. The van der Waals surface area contributed by atoms with Crippen LogP contribution < -0.4 is 0 Å². The fourth-order valence-electron chi connectivity index (χ4n) is 6.83. The van der Waals surface area contributed by atoms with E-state index in [2.05, 4.69) is 26.8 Å². The maximum absolute atomic E-state index is 14.1. The zero-order valence-electron chi connectivity index (χ0n) is 29.8. The van der Waals surface area contributed by atoms with E-state index in [1.807, 2.05) is 102 Å². The molecule has 0 bridgehead atoms. The first-order valence-electron chi connectivity index (χ1n) is 17.5. The summed E-state index contributed by atoms with van der Waals surface area (Å²) in [5.74, 6) is 1.06. The van der Waals surface area contributed by atoms with Gasteiger partial charge in [-0.1, -0.05) is 112 Å². The number of benzene rings is 6. The molecule has 8 aromatic rings. The number of hydrogen-bond donors (Lipinski definition) is 0. The highest BCUT2D eigenvalue weighted by molar-refractivity contribution is 6.10. The molecule has 0 spiro atoms. The first-order valence-corrected chi connectivity index (χ1v) is 17.5. The smallest absolute Gasteiger partial charge is 0.308 e. The van der Waals surface area contributed by atoms with Crippen LogP contribution in [0.4, 0.5) is 26.3 Å². The molecule has 4 nitrogen and oxygen atoms in total. The molecular weight excluding hydrogens is 711 g/mol. The van der Waals surface area contributed by atoms with Gasteiger partial charge in [-0.15, -0.1) is 0 Å². The van der Waals surface area contributed by atoms with E-state index in [4.69, 9.17) is 15.0 Å². The molecule has 10 heteroatoms. The Morgan fingerprint density at radius 2 is 0.945 bits per heavy atom. The Balaban J connectivity index is 1.47. The second kappa shape index (κ2) is 13.2. The normalized spacial score (nSPS) is 12.5. The average molecular weight is 743 g/mol. The number of hydrogen-bond acceptors (Lipinski definition) is 3. The van der Waals surface area contributed by atoms with Gasteiger partial charge in [0.2, 0.25) is 0 Å². The van der Waals surface area contributed by atoms with Gasteiger partial charge in [-0.3, -0.25) is 0 Å². The number of halogens is 6. The summed E-state index contributed by atoms with van der Waals surface area (Å²) >= 11 is 0. The van der Waals surface area contributed by atoms with Crippen LogP contribution >= 0.6 is 0 Å². The first kappa shape index (κ1) is 35.7. The summed E-state index contributed by atoms with van der Waals surface area (Å²) in [4.78, 5) is 14.7. The fourth-order valence-corrected chi connectivity index (χ4v) is 6.83. The van der Waals surface area contributed by atoms with Gasteiger partial charge in [0.05, 0.1) is 27.8 Å². The standard InChI is InChI=1S/C45H32F6N4/c1-43(2,3)31-19-21-38-36(26-31)34-16-10-11-17-37(34)55(38)39-24-29(30-22-32(44(46,47)48)25-33(23-30)45(49,50)51)18-20-35(39)42-53-40(27-12-6-4-7-13-27)52-41(54-42)28-14-8-5-9-15-28/h4-26H,1-3H3. The SMILES string of the molecule is CC(C)(C)c1ccc2c(c1)c1ccccc1n2-c1cc(-c2cc(C(F)(F)F)cc(C(F)(F)F)c2)ccc1-c1nc(-c2ccccc2)nc(-c2ccccc2)n1. The van der Waals surface area contributed by atoms with Crippen LogP contribution in [0.25, 0.3) is 72.8 Å². The minimum absolute atomic E-state index is 0.138. The van der Waals surface area contributed by atoms with Crippen LogP contribution in [0.15, 0.2) is 140 Å². The van der Waals surface area contributed by atoms with Crippen molar-refractivity contribution in [2.45, 2.75) is 38.5 Å². The molecule has 8 rings (SSSR count). The van der Waals surface area contributed by atoms with Crippen molar-refractivity contribution in [1.82, 2.24) is 19.5 Å². The minimum Gasteiger partial charge on any atom is -0.308 e. The Hall–Kier alpha value is -6.29. The predicted molar refractivity (Wildman–Crippen MR) is 205 cm³/mol. The van der Waals surface area contributed by atoms with Gasteiger partial charge in [-0.25, -0.2) is 15.0 Å². The van der Waals surface area contributed by atoms with Gasteiger partial charge < -0.3 is 4.57 Å². The summed E-state index contributed by atoms with van der Waals surface area (Å²) in [7, 11) is 0. The molecule has 0 aliphatic carbocycles. The number of aromatic nitrogens is 4. The van der Waals surface area contributed by atoms with Crippen LogP contribution in [-0.4, -0.2) is 19.5 Å². The average Bonchev–Trinajstić information content (AvgIpc) is 3.50. The molecular formula is C45H32F6N4. The van der Waals surface area contributed by atoms with E-state index < -0.39 is 23.5 Å². The van der Waals surface area contributed by atoms with E-state index in [9.17, 15) is 26.3 Å². The molecule has 0 N–H and O–H groups in total. The summed E-state index contributed by atoms with van der Waals surface area (Å²) in [6.45, 7) is 6.36. The highest BCUT2D eigenvalue weighted by Gasteiger charge is 2.37. The molecule has 55 heavy (non-hydrogen) atoms. The maximum atomic E-state index is 14.1. The van der Waals surface area contributed by atoms with Crippen LogP contribution in [0, 0.1) is 0 Å². The molecule has 0 unspecified atom stereocenters. The highest BCUT2D eigenvalue weighted by atomic mass is 19.4. The molecule has 0 aliphatic heterocycles. The van der Waals surface area contributed by atoms with Crippen molar-refractivity contribution in [2.75, 3.05) is 0 Å². The first-order chi connectivity index (χ1) is 26.1. The molecule has 274 valence electrons. The third kappa shape index (κ3) is 6.84. The third-order valence-electron chi connectivity index (χ3n) is 9.64. The second-order valence-electron chi connectivity index (χ2n) is 14.4. The van der Waals surface area contributed by atoms with E-state index in [0.717, 1.165) is 50.6 Å². The fraction of sp³-hybridized carbons (Fsp3) is 0.133. The van der Waals surface area contributed by atoms with E-state index in [1.54, 1.807) is 12.1 Å². The van der Waals surface area contributed by atoms with Crippen molar-refractivity contribution < 1.29 is 26.3 Å².